The van der Waals surface area contributed by atoms with Crippen LogP contribution < -0.4 is 0 Å². The fraction of sp³-hybridized carbons (Fsp3) is 0.440. The SMILES string of the molecule is COC1=C(O[C@@H]2O[C@@H](COC(C)=O)[C@@H](OC(C)=O)[C@H](OC(C)=O)[C@H]2OC(C)=O)C(=O)c2ccccc2C1=O. The molecule has 13 heteroatoms. The second-order valence-electron chi connectivity index (χ2n) is 8.25. The summed E-state index contributed by atoms with van der Waals surface area (Å²) in [5, 5.41) is 0. The van der Waals surface area contributed by atoms with E-state index in [0.29, 0.717) is 0 Å². The minimum absolute atomic E-state index is 0.0268. The number of fused-ring (bicyclic) bond motifs is 1. The smallest absolute Gasteiger partial charge is 0.303 e. The van der Waals surface area contributed by atoms with Gasteiger partial charge in [-0.25, -0.2) is 0 Å². The highest BCUT2D eigenvalue weighted by molar-refractivity contribution is 6.25. The molecule has 2 aliphatic rings. The summed E-state index contributed by atoms with van der Waals surface area (Å²) in [6.07, 6.45) is -7.55. The van der Waals surface area contributed by atoms with Gasteiger partial charge in [-0.15, -0.1) is 0 Å². The number of ketones is 2. The maximum atomic E-state index is 13.3. The van der Waals surface area contributed by atoms with Gasteiger partial charge in [0.2, 0.25) is 35.5 Å². The van der Waals surface area contributed by atoms with Gasteiger partial charge in [-0.05, 0) is 0 Å². The third kappa shape index (κ3) is 6.17. The number of Topliss-reactive ketones (excluding diaryl/α,β-unsaturated/α-hetero) is 2. The van der Waals surface area contributed by atoms with Crippen molar-refractivity contribution in [1.82, 2.24) is 0 Å². The molecule has 1 heterocycles. The van der Waals surface area contributed by atoms with Gasteiger partial charge in [0.15, 0.2) is 12.2 Å². The van der Waals surface area contributed by atoms with Gasteiger partial charge in [0.05, 0.1) is 7.11 Å². The van der Waals surface area contributed by atoms with Crippen molar-refractivity contribution in [1.29, 1.82) is 0 Å². The number of methoxy groups -OCH3 is 1. The lowest BCUT2D eigenvalue weighted by molar-refractivity contribution is -0.299. The number of esters is 4. The number of hydrogen-bond acceptors (Lipinski definition) is 13. The lowest BCUT2D eigenvalue weighted by Crippen LogP contribution is -2.63. The molecule has 204 valence electrons. The number of allylic oxidation sites excluding steroid dienone is 2. The molecular formula is C25H26O13. The molecule has 0 bridgehead atoms. The van der Waals surface area contributed by atoms with Crippen molar-refractivity contribution in [3.63, 3.8) is 0 Å². The average Bonchev–Trinajstić information content (AvgIpc) is 2.84. The Morgan fingerprint density at radius 2 is 1.24 bits per heavy atom. The van der Waals surface area contributed by atoms with E-state index in [2.05, 4.69) is 0 Å². The van der Waals surface area contributed by atoms with Crippen LogP contribution in [0.4, 0.5) is 0 Å². The summed E-state index contributed by atoms with van der Waals surface area (Å²) < 4.78 is 37.8. The molecule has 1 aromatic rings. The van der Waals surface area contributed by atoms with Crippen LogP contribution in [0.2, 0.25) is 0 Å². The fourth-order valence-corrected chi connectivity index (χ4v) is 4.02. The lowest BCUT2D eigenvalue weighted by Gasteiger charge is -2.44. The highest BCUT2D eigenvalue weighted by atomic mass is 16.7. The molecule has 1 aliphatic carbocycles. The summed E-state index contributed by atoms with van der Waals surface area (Å²) in [5.41, 5.74) is 0.113. The maximum absolute atomic E-state index is 13.3. The zero-order valence-corrected chi connectivity index (χ0v) is 21.2. The van der Waals surface area contributed by atoms with Gasteiger partial charge in [-0.3, -0.25) is 28.8 Å². The van der Waals surface area contributed by atoms with Gasteiger partial charge < -0.3 is 33.2 Å². The van der Waals surface area contributed by atoms with Crippen molar-refractivity contribution < 1.29 is 61.9 Å². The summed E-state index contributed by atoms with van der Waals surface area (Å²) >= 11 is 0. The Labute approximate surface area is 216 Å². The van der Waals surface area contributed by atoms with Crippen molar-refractivity contribution in [2.45, 2.75) is 58.4 Å². The van der Waals surface area contributed by atoms with E-state index < -0.39 is 84.3 Å². The second kappa shape index (κ2) is 11.9. The van der Waals surface area contributed by atoms with Crippen LogP contribution in [0.15, 0.2) is 35.8 Å². The number of ether oxygens (including phenoxy) is 7. The molecule has 13 nitrogen and oxygen atoms in total. The Morgan fingerprint density at radius 1 is 0.737 bits per heavy atom. The molecule has 5 atom stereocenters. The first-order valence-corrected chi connectivity index (χ1v) is 11.4. The van der Waals surface area contributed by atoms with E-state index >= 15 is 0 Å². The summed E-state index contributed by atoms with van der Waals surface area (Å²) in [4.78, 5) is 73.6. The van der Waals surface area contributed by atoms with Gasteiger partial charge in [-0.1, -0.05) is 24.3 Å². The van der Waals surface area contributed by atoms with Crippen molar-refractivity contribution in [3.05, 3.63) is 46.9 Å². The fourth-order valence-electron chi connectivity index (χ4n) is 4.02. The second-order valence-corrected chi connectivity index (χ2v) is 8.25. The number of carbonyl (C=O) groups is 6. The van der Waals surface area contributed by atoms with Gasteiger partial charge in [0, 0.05) is 38.8 Å². The van der Waals surface area contributed by atoms with Gasteiger partial charge >= 0.3 is 23.9 Å². The standard InChI is InChI=1S/C25H26O13/c1-11(26)33-10-17-20(34-12(2)27)23(35-13(3)28)24(36-14(4)29)25(37-17)38-22-19(31)16-9-7-6-8-15(16)18(30)21(22)32-5/h6-9,17,20,23-25H,10H2,1-5H3/t17-,20+,23-,24+,25-/m0/s1. The van der Waals surface area contributed by atoms with E-state index in [9.17, 15) is 28.8 Å². The van der Waals surface area contributed by atoms with E-state index in [-0.39, 0.29) is 11.1 Å². The molecule has 0 spiro atoms. The molecule has 0 saturated carbocycles. The first-order valence-electron chi connectivity index (χ1n) is 11.4. The van der Waals surface area contributed by atoms with E-state index in [1.165, 1.54) is 12.1 Å². The number of hydrogen-bond donors (Lipinski definition) is 0. The van der Waals surface area contributed by atoms with Crippen LogP contribution in [-0.4, -0.2) is 79.9 Å². The van der Waals surface area contributed by atoms with Crippen LogP contribution in [0.25, 0.3) is 0 Å². The number of benzene rings is 1. The van der Waals surface area contributed by atoms with Crippen LogP contribution in [0.5, 0.6) is 0 Å². The molecule has 1 aliphatic heterocycles. The van der Waals surface area contributed by atoms with E-state index in [0.717, 1.165) is 34.8 Å². The van der Waals surface area contributed by atoms with E-state index in [1.54, 1.807) is 12.1 Å². The molecule has 0 unspecified atom stereocenters. The first kappa shape index (κ1) is 28.3. The Kier molecular flexibility index (Phi) is 8.84. The van der Waals surface area contributed by atoms with Crippen LogP contribution in [0, 0.1) is 0 Å². The topological polar surface area (TPSA) is 167 Å². The van der Waals surface area contributed by atoms with Crippen molar-refractivity contribution in [3.8, 4) is 0 Å². The lowest BCUT2D eigenvalue weighted by atomic mass is 9.92. The van der Waals surface area contributed by atoms with E-state index in [1.807, 2.05) is 0 Å². The highest BCUT2D eigenvalue weighted by Crippen LogP contribution is 2.34. The van der Waals surface area contributed by atoms with Crippen molar-refractivity contribution in [2.24, 2.45) is 0 Å². The Balaban J connectivity index is 2.09. The maximum Gasteiger partial charge on any atom is 0.303 e. The minimum Gasteiger partial charge on any atom is -0.489 e. The van der Waals surface area contributed by atoms with Gasteiger partial charge in [-0.2, -0.15) is 0 Å². The van der Waals surface area contributed by atoms with Gasteiger partial charge in [0.1, 0.15) is 12.7 Å². The molecule has 1 saturated heterocycles. The van der Waals surface area contributed by atoms with Crippen molar-refractivity contribution >= 4 is 35.4 Å². The number of rotatable bonds is 8. The summed E-state index contributed by atoms with van der Waals surface area (Å²) in [5.74, 6) is -5.59. The third-order valence-corrected chi connectivity index (χ3v) is 5.42. The third-order valence-electron chi connectivity index (χ3n) is 5.42. The molecular weight excluding hydrogens is 508 g/mol. The zero-order valence-electron chi connectivity index (χ0n) is 21.2. The molecule has 3 rings (SSSR count). The predicted molar refractivity (Wildman–Crippen MR) is 122 cm³/mol. The molecule has 0 amide bonds. The molecule has 38 heavy (non-hydrogen) atoms. The largest absolute Gasteiger partial charge is 0.489 e. The molecule has 1 aromatic carbocycles. The summed E-state index contributed by atoms with van der Waals surface area (Å²) in [6, 6.07) is 5.98. The first-order chi connectivity index (χ1) is 17.9. The molecule has 0 radical (unpaired) electrons. The van der Waals surface area contributed by atoms with Crippen molar-refractivity contribution in [2.75, 3.05) is 13.7 Å². The molecule has 0 N–H and O–H groups in total. The molecule has 1 fully saturated rings. The molecule has 0 aromatic heterocycles. The van der Waals surface area contributed by atoms with Crippen LogP contribution in [0.1, 0.15) is 48.4 Å². The van der Waals surface area contributed by atoms with Crippen LogP contribution in [0.3, 0.4) is 0 Å². The number of carbonyl (C=O) groups excluding carboxylic acids is 6. The highest BCUT2D eigenvalue weighted by Gasteiger charge is 2.54. The van der Waals surface area contributed by atoms with Crippen LogP contribution >= 0.6 is 0 Å². The summed E-state index contributed by atoms with van der Waals surface area (Å²) in [6.45, 7) is 3.83. The average molecular weight is 534 g/mol. The Bertz CT molecular complexity index is 1180. The Morgan fingerprint density at radius 3 is 1.74 bits per heavy atom. The predicted octanol–water partition coefficient (Wildman–Crippen LogP) is 1.02. The monoisotopic (exact) mass is 534 g/mol. The summed E-state index contributed by atoms with van der Waals surface area (Å²) in [7, 11) is 1.16. The normalized spacial score (nSPS) is 24.6. The zero-order chi connectivity index (χ0) is 28.1. The van der Waals surface area contributed by atoms with E-state index in [4.69, 9.17) is 33.2 Å². The Hall–Kier alpha value is -4.26. The van der Waals surface area contributed by atoms with Crippen LogP contribution in [-0.2, 0) is 52.3 Å². The quantitative estimate of drug-likeness (QED) is 0.343. The van der Waals surface area contributed by atoms with Gasteiger partial charge in [0.25, 0.3) is 0 Å². The minimum atomic E-state index is -1.71.